The van der Waals surface area contributed by atoms with Crippen molar-refractivity contribution in [2.24, 2.45) is 4.99 Å². The number of hydrogen-bond acceptors (Lipinski definition) is 4. The maximum atomic E-state index is 12.4. The van der Waals surface area contributed by atoms with Crippen LogP contribution < -0.4 is 15.5 Å². The molecule has 0 bridgehead atoms. The second kappa shape index (κ2) is 11.3. The first-order chi connectivity index (χ1) is 15.1. The number of piperazine rings is 1. The van der Waals surface area contributed by atoms with Crippen LogP contribution in [0.25, 0.3) is 0 Å². The van der Waals surface area contributed by atoms with Crippen LogP contribution in [0.15, 0.2) is 53.7 Å². The van der Waals surface area contributed by atoms with Crippen molar-refractivity contribution in [1.29, 1.82) is 0 Å². The van der Waals surface area contributed by atoms with E-state index in [2.05, 4.69) is 45.3 Å². The Hall–Kier alpha value is -3.09. The van der Waals surface area contributed by atoms with Crippen LogP contribution >= 0.6 is 0 Å². The molecule has 1 aliphatic rings. The fourth-order valence-corrected chi connectivity index (χ4v) is 3.50. The number of guanidine groups is 1. The third kappa shape index (κ3) is 6.44. The molecule has 1 unspecified atom stereocenters. The number of benzene rings is 1. The standard InChI is InChI=1S/C24H34N6O/c1-4-19(3)28-23(31)21-10-8-9-20(17-21)18-27-24(25-5-2)30-15-13-29(14-16-30)22-11-6-7-12-26-22/h6-12,17,19H,4-5,13-16,18H2,1-3H3,(H,25,27)(H,28,31). The van der Waals surface area contributed by atoms with Crippen LogP contribution in [0.3, 0.4) is 0 Å². The number of hydrogen-bond donors (Lipinski definition) is 2. The fourth-order valence-electron chi connectivity index (χ4n) is 3.50. The smallest absolute Gasteiger partial charge is 0.251 e. The number of aromatic nitrogens is 1. The molecule has 1 atom stereocenters. The number of rotatable bonds is 7. The molecule has 2 heterocycles. The molecule has 1 amide bonds. The molecule has 2 aromatic rings. The molecule has 1 aliphatic heterocycles. The van der Waals surface area contributed by atoms with Gasteiger partial charge in [-0.15, -0.1) is 0 Å². The molecule has 31 heavy (non-hydrogen) atoms. The number of amides is 1. The van der Waals surface area contributed by atoms with E-state index in [1.807, 2.05) is 49.5 Å². The monoisotopic (exact) mass is 422 g/mol. The van der Waals surface area contributed by atoms with Crippen molar-refractivity contribution in [3.05, 3.63) is 59.8 Å². The van der Waals surface area contributed by atoms with Crippen LogP contribution in [0.2, 0.25) is 0 Å². The summed E-state index contributed by atoms with van der Waals surface area (Å²) in [6, 6.07) is 13.9. The van der Waals surface area contributed by atoms with Crippen molar-refractivity contribution < 1.29 is 4.79 Å². The van der Waals surface area contributed by atoms with Crippen LogP contribution in [-0.2, 0) is 6.54 Å². The van der Waals surface area contributed by atoms with Crippen molar-refractivity contribution in [3.63, 3.8) is 0 Å². The van der Waals surface area contributed by atoms with Gasteiger partial charge in [0.25, 0.3) is 5.91 Å². The Balaban J connectivity index is 1.62. The zero-order valence-electron chi connectivity index (χ0n) is 18.8. The summed E-state index contributed by atoms with van der Waals surface area (Å²) in [5, 5.41) is 6.43. The number of carbonyl (C=O) groups is 1. The summed E-state index contributed by atoms with van der Waals surface area (Å²) in [6.07, 6.45) is 2.75. The molecule has 0 aliphatic carbocycles. The molecule has 7 heteroatoms. The van der Waals surface area contributed by atoms with E-state index in [1.165, 1.54) is 0 Å². The number of aliphatic imine (C=N–C) groups is 1. The molecule has 7 nitrogen and oxygen atoms in total. The predicted octanol–water partition coefficient (Wildman–Crippen LogP) is 2.90. The minimum absolute atomic E-state index is 0.0299. The number of nitrogens with zero attached hydrogens (tertiary/aromatic N) is 4. The second-order valence-corrected chi connectivity index (χ2v) is 7.82. The lowest BCUT2D eigenvalue weighted by atomic mass is 10.1. The van der Waals surface area contributed by atoms with Gasteiger partial charge in [-0.05, 0) is 50.1 Å². The summed E-state index contributed by atoms with van der Waals surface area (Å²) in [5.41, 5.74) is 1.71. The Kier molecular flexibility index (Phi) is 8.27. The molecule has 0 radical (unpaired) electrons. The number of carbonyl (C=O) groups excluding carboxylic acids is 1. The van der Waals surface area contributed by atoms with Crippen LogP contribution in [0, 0.1) is 0 Å². The van der Waals surface area contributed by atoms with Crippen LogP contribution in [0.4, 0.5) is 5.82 Å². The summed E-state index contributed by atoms with van der Waals surface area (Å²) < 4.78 is 0. The van der Waals surface area contributed by atoms with Crippen molar-refractivity contribution in [1.82, 2.24) is 20.5 Å². The van der Waals surface area contributed by atoms with Gasteiger partial charge >= 0.3 is 0 Å². The molecule has 1 aromatic heterocycles. The average molecular weight is 423 g/mol. The number of anilines is 1. The topological polar surface area (TPSA) is 72.9 Å². The Morgan fingerprint density at radius 2 is 1.94 bits per heavy atom. The molecule has 1 aromatic carbocycles. The zero-order chi connectivity index (χ0) is 22.1. The highest BCUT2D eigenvalue weighted by molar-refractivity contribution is 5.94. The zero-order valence-corrected chi connectivity index (χ0v) is 18.8. The summed E-state index contributed by atoms with van der Waals surface area (Å²) in [5.74, 6) is 1.91. The van der Waals surface area contributed by atoms with E-state index in [0.717, 1.165) is 56.5 Å². The maximum absolute atomic E-state index is 12.4. The van der Waals surface area contributed by atoms with Crippen molar-refractivity contribution in [3.8, 4) is 0 Å². The quantitative estimate of drug-likeness (QED) is 0.530. The summed E-state index contributed by atoms with van der Waals surface area (Å²) in [4.78, 5) is 26.3. The predicted molar refractivity (Wildman–Crippen MR) is 126 cm³/mol. The van der Waals surface area contributed by atoms with Gasteiger partial charge in [0.05, 0.1) is 6.54 Å². The van der Waals surface area contributed by atoms with Gasteiger partial charge < -0.3 is 20.4 Å². The molecule has 1 fully saturated rings. The van der Waals surface area contributed by atoms with Crippen molar-refractivity contribution in [2.45, 2.75) is 39.8 Å². The van der Waals surface area contributed by atoms with E-state index < -0.39 is 0 Å². The third-order valence-corrected chi connectivity index (χ3v) is 5.48. The van der Waals surface area contributed by atoms with E-state index in [1.54, 1.807) is 0 Å². The minimum Gasteiger partial charge on any atom is -0.357 e. The minimum atomic E-state index is -0.0299. The van der Waals surface area contributed by atoms with Gasteiger partial charge in [-0.3, -0.25) is 4.79 Å². The molecule has 166 valence electrons. The third-order valence-electron chi connectivity index (χ3n) is 5.48. The lowest BCUT2D eigenvalue weighted by molar-refractivity contribution is 0.0939. The Morgan fingerprint density at radius 1 is 1.13 bits per heavy atom. The first-order valence-corrected chi connectivity index (χ1v) is 11.2. The summed E-state index contributed by atoms with van der Waals surface area (Å²) >= 11 is 0. The highest BCUT2D eigenvalue weighted by Crippen LogP contribution is 2.13. The summed E-state index contributed by atoms with van der Waals surface area (Å²) in [7, 11) is 0. The molecule has 0 saturated carbocycles. The van der Waals surface area contributed by atoms with Crippen molar-refractivity contribution in [2.75, 3.05) is 37.6 Å². The largest absolute Gasteiger partial charge is 0.357 e. The van der Waals surface area contributed by atoms with E-state index in [4.69, 9.17) is 4.99 Å². The molecule has 1 saturated heterocycles. The molecule has 0 spiro atoms. The first kappa shape index (κ1) is 22.6. The fraction of sp³-hybridized carbons (Fsp3) is 0.458. The Morgan fingerprint density at radius 3 is 2.61 bits per heavy atom. The normalized spacial score (nSPS) is 15.5. The van der Waals surface area contributed by atoms with Gasteiger partial charge in [-0.2, -0.15) is 0 Å². The first-order valence-electron chi connectivity index (χ1n) is 11.2. The highest BCUT2D eigenvalue weighted by Gasteiger charge is 2.20. The van der Waals surface area contributed by atoms with Gasteiger partial charge in [0.2, 0.25) is 0 Å². The van der Waals surface area contributed by atoms with Gasteiger partial charge in [-0.1, -0.05) is 25.1 Å². The van der Waals surface area contributed by atoms with Gasteiger partial charge in [0, 0.05) is 50.5 Å². The molecule has 2 N–H and O–H groups in total. The van der Waals surface area contributed by atoms with Crippen LogP contribution in [0.1, 0.15) is 43.1 Å². The molecular weight excluding hydrogens is 388 g/mol. The molecule has 3 rings (SSSR count). The average Bonchev–Trinajstić information content (AvgIpc) is 2.82. The highest BCUT2D eigenvalue weighted by atomic mass is 16.1. The Bertz CT molecular complexity index is 861. The van der Waals surface area contributed by atoms with Crippen molar-refractivity contribution >= 4 is 17.7 Å². The number of nitrogens with one attached hydrogen (secondary N) is 2. The van der Waals surface area contributed by atoms with E-state index in [0.29, 0.717) is 12.1 Å². The molecular formula is C24H34N6O. The van der Waals surface area contributed by atoms with E-state index in [-0.39, 0.29) is 11.9 Å². The lowest BCUT2D eigenvalue weighted by Crippen LogP contribution is -2.52. The van der Waals surface area contributed by atoms with E-state index >= 15 is 0 Å². The maximum Gasteiger partial charge on any atom is 0.251 e. The second-order valence-electron chi connectivity index (χ2n) is 7.82. The van der Waals surface area contributed by atoms with Crippen LogP contribution in [-0.4, -0.2) is 60.5 Å². The van der Waals surface area contributed by atoms with Gasteiger partial charge in [-0.25, -0.2) is 9.98 Å². The SMILES string of the molecule is CCNC(=NCc1cccc(C(=O)NC(C)CC)c1)N1CCN(c2ccccn2)CC1. The van der Waals surface area contributed by atoms with Crippen LogP contribution in [0.5, 0.6) is 0 Å². The van der Waals surface area contributed by atoms with Gasteiger partial charge in [0.15, 0.2) is 5.96 Å². The lowest BCUT2D eigenvalue weighted by Gasteiger charge is -2.37. The Labute approximate surface area is 185 Å². The summed E-state index contributed by atoms with van der Waals surface area (Å²) in [6.45, 7) is 11.1. The number of pyridine rings is 1. The van der Waals surface area contributed by atoms with E-state index in [9.17, 15) is 4.79 Å². The van der Waals surface area contributed by atoms with Gasteiger partial charge in [0.1, 0.15) is 5.82 Å².